The third kappa shape index (κ3) is 5.16. The highest BCUT2D eigenvalue weighted by Gasteiger charge is 2.40. The molecule has 0 aliphatic heterocycles. The summed E-state index contributed by atoms with van der Waals surface area (Å²) >= 11 is 0. The van der Waals surface area contributed by atoms with Gasteiger partial charge in [0.05, 0.1) is 5.41 Å². The van der Waals surface area contributed by atoms with E-state index in [-0.39, 0.29) is 12.3 Å². The predicted molar refractivity (Wildman–Crippen MR) is 95.2 cm³/mol. The van der Waals surface area contributed by atoms with Crippen LogP contribution in [0.5, 0.6) is 0 Å². The van der Waals surface area contributed by atoms with Crippen LogP contribution in [0.3, 0.4) is 0 Å². The number of carbonyl (C=O) groups excluding carboxylic acids is 1. The maximum absolute atomic E-state index is 12.4. The lowest BCUT2D eigenvalue weighted by Gasteiger charge is -2.27. The molecule has 0 saturated heterocycles. The van der Waals surface area contributed by atoms with E-state index in [1.165, 1.54) is 0 Å². The number of nitrogens with one attached hydrogen (secondary N) is 1. The maximum atomic E-state index is 12.4. The SMILES string of the molecule is C[S@](=O)Cc1cccc(NC(=O)CC2(C(=O)O)CCCCCC2)c1. The Kier molecular flexibility index (Phi) is 6.54. The molecule has 1 fully saturated rings. The van der Waals surface area contributed by atoms with Crippen molar-refractivity contribution in [2.24, 2.45) is 5.41 Å². The molecule has 0 bridgehead atoms. The Morgan fingerprint density at radius 3 is 2.46 bits per heavy atom. The molecule has 1 amide bonds. The van der Waals surface area contributed by atoms with Gasteiger partial charge in [-0.25, -0.2) is 0 Å². The first-order valence-corrected chi connectivity index (χ1v) is 10.1. The third-order valence-electron chi connectivity index (χ3n) is 4.59. The summed E-state index contributed by atoms with van der Waals surface area (Å²) in [4.78, 5) is 24.2. The van der Waals surface area contributed by atoms with Crippen LogP contribution in [-0.2, 0) is 26.1 Å². The van der Waals surface area contributed by atoms with Gasteiger partial charge in [-0.1, -0.05) is 37.8 Å². The number of benzene rings is 1. The van der Waals surface area contributed by atoms with Crippen molar-refractivity contribution in [2.75, 3.05) is 11.6 Å². The minimum absolute atomic E-state index is 0.00622. The molecule has 0 aromatic heterocycles. The lowest BCUT2D eigenvalue weighted by atomic mass is 9.77. The topological polar surface area (TPSA) is 83.5 Å². The second-order valence-corrected chi connectivity index (χ2v) is 8.08. The summed E-state index contributed by atoms with van der Waals surface area (Å²) in [6.45, 7) is 0. The number of carbonyl (C=O) groups is 2. The standard InChI is InChI=1S/C18H25NO4S/c1-24(23)13-14-7-6-8-15(11-14)19-16(20)12-18(17(21)22)9-4-2-3-5-10-18/h6-8,11H,2-5,9-10,12-13H2,1H3,(H,19,20)(H,21,22)/t24-/m0/s1. The van der Waals surface area contributed by atoms with E-state index < -0.39 is 22.2 Å². The van der Waals surface area contributed by atoms with E-state index in [0.29, 0.717) is 24.3 Å². The number of hydrogen-bond donors (Lipinski definition) is 2. The predicted octanol–water partition coefficient (Wildman–Crippen LogP) is 3.32. The highest BCUT2D eigenvalue weighted by atomic mass is 32.2. The average Bonchev–Trinajstić information content (AvgIpc) is 2.73. The summed E-state index contributed by atoms with van der Waals surface area (Å²) < 4.78 is 11.3. The van der Waals surface area contributed by atoms with Gasteiger partial charge in [0.15, 0.2) is 0 Å². The van der Waals surface area contributed by atoms with Crippen LogP contribution in [0, 0.1) is 5.41 Å². The number of carboxylic acid groups (broad SMARTS) is 1. The minimum atomic E-state index is -0.948. The molecule has 6 heteroatoms. The summed E-state index contributed by atoms with van der Waals surface area (Å²) in [5.41, 5.74) is 0.566. The highest BCUT2D eigenvalue weighted by Crippen LogP contribution is 2.38. The fourth-order valence-corrected chi connectivity index (χ4v) is 4.01. The van der Waals surface area contributed by atoms with Gasteiger partial charge in [-0.15, -0.1) is 0 Å². The number of carboxylic acids is 1. The lowest BCUT2D eigenvalue weighted by molar-refractivity contribution is -0.152. The Morgan fingerprint density at radius 1 is 1.21 bits per heavy atom. The average molecular weight is 351 g/mol. The van der Waals surface area contributed by atoms with Crippen LogP contribution in [0.1, 0.15) is 50.5 Å². The second-order valence-electron chi connectivity index (χ2n) is 6.64. The van der Waals surface area contributed by atoms with Gasteiger partial charge in [-0.2, -0.15) is 0 Å². The van der Waals surface area contributed by atoms with Crippen molar-refractivity contribution in [3.05, 3.63) is 29.8 Å². The van der Waals surface area contributed by atoms with Crippen molar-refractivity contribution < 1.29 is 18.9 Å². The summed E-state index contributed by atoms with van der Waals surface area (Å²) in [6.07, 6.45) is 6.55. The number of anilines is 1. The molecule has 132 valence electrons. The minimum Gasteiger partial charge on any atom is -0.481 e. The smallest absolute Gasteiger partial charge is 0.310 e. The maximum Gasteiger partial charge on any atom is 0.310 e. The molecule has 1 aromatic carbocycles. The fourth-order valence-electron chi connectivity index (χ4n) is 3.36. The monoisotopic (exact) mass is 351 g/mol. The zero-order chi connectivity index (χ0) is 17.6. The molecule has 24 heavy (non-hydrogen) atoms. The second kappa shape index (κ2) is 8.42. The molecule has 2 rings (SSSR count). The normalized spacial score (nSPS) is 18.4. The number of aliphatic carboxylic acids is 1. The van der Waals surface area contributed by atoms with Gasteiger partial charge in [0.1, 0.15) is 0 Å². The van der Waals surface area contributed by atoms with E-state index >= 15 is 0 Å². The molecule has 1 saturated carbocycles. The summed E-state index contributed by atoms with van der Waals surface area (Å²) in [5, 5.41) is 12.5. The van der Waals surface area contributed by atoms with Crippen molar-refractivity contribution in [1.82, 2.24) is 0 Å². The fraction of sp³-hybridized carbons (Fsp3) is 0.556. The van der Waals surface area contributed by atoms with Crippen molar-refractivity contribution in [3.63, 3.8) is 0 Å². The summed E-state index contributed by atoms with van der Waals surface area (Å²) in [5.74, 6) is -0.702. The zero-order valence-electron chi connectivity index (χ0n) is 14.0. The molecular weight excluding hydrogens is 326 g/mol. The van der Waals surface area contributed by atoms with Gasteiger partial charge in [-0.3, -0.25) is 13.8 Å². The molecule has 0 unspecified atom stereocenters. The lowest BCUT2D eigenvalue weighted by Crippen LogP contribution is -2.35. The highest BCUT2D eigenvalue weighted by molar-refractivity contribution is 7.83. The Morgan fingerprint density at radius 2 is 1.88 bits per heavy atom. The summed E-state index contributed by atoms with van der Waals surface area (Å²) in [7, 11) is -0.948. The Bertz CT molecular complexity index is 621. The first-order chi connectivity index (χ1) is 11.4. The van der Waals surface area contributed by atoms with Crippen LogP contribution in [0.2, 0.25) is 0 Å². The van der Waals surface area contributed by atoms with E-state index in [9.17, 15) is 18.9 Å². The molecule has 1 aliphatic rings. The Labute approximate surface area is 145 Å². The van der Waals surface area contributed by atoms with Gasteiger partial charge < -0.3 is 10.4 Å². The molecule has 0 radical (unpaired) electrons. The van der Waals surface area contributed by atoms with Gasteiger partial charge in [0, 0.05) is 34.9 Å². The Balaban J connectivity index is 2.05. The van der Waals surface area contributed by atoms with Crippen molar-refractivity contribution in [3.8, 4) is 0 Å². The van der Waals surface area contributed by atoms with E-state index in [2.05, 4.69) is 5.32 Å². The van der Waals surface area contributed by atoms with E-state index in [4.69, 9.17) is 0 Å². The number of amides is 1. The van der Waals surface area contributed by atoms with Gasteiger partial charge in [-0.05, 0) is 30.5 Å². The molecule has 5 nitrogen and oxygen atoms in total. The molecule has 0 heterocycles. The summed E-state index contributed by atoms with van der Waals surface area (Å²) in [6, 6.07) is 7.22. The van der Waals surface area contributed by atoms with Crippen LogP contribution < -0.4 is 5.32 Å². The first-order valence-electron chi connectivity index (χ1n) is 8.33. The largest absolute Gasteiger partial charge is 0.481 e. The number of hydrogen-bond acceptors (Lipinski definition) is 3. The molecule has 2 N–H and O–H groups in total. The van der Waals surface area contributed by atoms with Crippen LogP contribution in [-0.4, -0.2) is 27.4 Å². The van der Waals surface area contributed by atoms with E-state index in [0.717, 1.165) is 31.2 Å². The van der Waals surface area contributed by atoms with Gasteiger partial charge in [0.2, 0.25) is 5.91 Å². The van der Waals surface area contributed by atoms with Crippen LogP contribution in [0.25, 0.3) is 0 Å². The van der Waals surface area contributed by atoms with Crippen LogP contribution in [0.15, 0.2) is 24.3 Å². The van der Waals surface area contributed by atoms with E-state index in [1.54, 1.807) is 24.5 Å². The molecule has 1 aromatic rings. The molecular formula is C18H25NO4S. The molecule has 1 aliphatic carbocycles. The van der Waals surface area contributed by atoms with Crippen molar-refractivity contribution in [2.45, 2.75) is 50.7 Å². The van der Waals surface area contributed by atoms with Crippen molar-refractivity contribution in [1.29, 1.82) is 0 Å². The van der Waals surface area contributed by atoms with Crippen molar-refractivity contribution >= 4 is 28.4 Å². The number of rotatable bonds is 6. The van der Waals surface area contributed by atoms with Crippen LogP contribution >= 0.6 is 0 Å². The Hall–Kier alpha value is -1.69. The quantitative estimate of drug-likeness (QED) is 0.770. The van der Waals surface area contributed by atoms with E-state index in [1.807, 2.05) is 6.07 Å². The first kappa shape index (κ1) is 18.6. The third-order valence-corrected chi connectivity index (χ3v) is 5.33. The molecule has 1 atom stereocenters. The van der Waals surface area contributed by atoms with Crippen LogP contribution in [0.4, 0.5) is 5.69 Å². The van der Waals surface area contributed by atoms with Gasteiger partial charge >= 0.3 is 5.97 Å². The molecule has 0 spiro atoms. The van der Waals surface area contributed by atoms with Gasteiger partial charge in [0.25, 0.3) is 0 Å². The zero-order valence-corrected chi connectivity index (χ0v) is 14.9.